The lowest BCUT2D eigenvalue weighted by Gasteiger charge is -2.43. The lowest BCUT2D eigenvalue weighted by atomic mass is 9.67. The van der Waals surface area contributed by atoms with E-state index in [0.29, 0.717) is 6.42 Å². The van der Waals surface area contributed by atoms with Gasteiger partial charge in [0.15, 0.2) is 0 Å². The molecule has 0 spiro atoms. The molecule has 1 aromatic heterocycles. The minimum absolute atomic E-state index is 0.0860. The Balaban J connectivity index is 0.000000686. The number of rotatable bonds is 2. The maximum absolute atomic E-state index is 8.82. The zero-order valence-electron chi connectivity index (χ0n) is 10.6. The minimum Gasteiger partial charge on any atom is -0.265 e. The molecule has 0 unspecified atom stereocenters. The molecule has 0 aliphatic heterocycles. The number of aromatic nitrogens is 2. The highest BCUT2D eigenvalue weighted by atomic mass is 15.3. The predicted octanol–water partition coefficient (Wildman–Crippen LogP) is 2.76. The van der Waals surface area contributed by atoms with Gasteiger partial charge in [0.25, 0.3) is 0 Å². The van der Waals surface area contributed by atoms with Crippen LogP contribution in [-0.4, -0.2) is 9.78 Å². The smallest absolute Gasteiger partial charge is 0.0782 e. The summed E-state index contributed by atoms with van der Waals surface area (Å²) in [5.41, 5.74) is 0.872. The molecule has 90 valence electrons. The minimum atomic E-state index is -0.219. The highest BCUT2D eigenvalue weighted by molar-refractivity contribution is 5.12. The average molecular weight is 230 g/mol. The van der Waals surface area contributed by atoms with Crippen LogP contribution in [-0.2, 0) is 5.54 Å². The summed E-state index contributed by atoms with van der Waals surface area (Å²) >= 11 is 0. The predicted molar refractivity (Wildman–Crippen MR) is 64.9 cm³/mol. The fraction of sp³-hybridized carbons (Fsp3) is 0.615. The third-order valence-electron chi connectivity index (χ3n) is 3.04. The molecule has 1 heterocycles. The molecule has 0 aromatic carbocycles. The molecule has 17 heavy (non-hydrogen) atoms. The van der Waals surface area contributed by atoms with Crippen LogP contribution >= 0.6 is 0 Å². The molecule has 1 aliphatic rings. The molecule has 0 amide bonds. The van der Waals surface area contributed by atoms with Crippen molar-refractivity contribution in [1.82, 2.24) is 9.78 Å². The van der Waals surface area contributed by atoms with E-state index in [4.69, 9.17) is 10.5 Å². The van der Waals surface area contributed by atoms with Gasteiger partial charge in [0.05, 0.1) is 36.2 Å². The summed E-state index contributed by atoms with van der Waals surface area (Å²) in [4.78, 5) is 0. The van der Waals surface area contributed by atoms with Crippen LogP contribution in [0.4, 0.5) is 0 Å². The molecule has 1 aromatic rings. The van der Waals surface area contributed by atoms with Gasteiger partial charge in [-0.2, -0.15) is 15.6 Å². The van der Waals surface area contributed by atoms with Crippen LogP contribution < -0.4 is 0 Å². The SMILES string of the molecule is CC.Cc1cnn(C2(CC#N)CC(C#N)C2)c1. The van der Waals surface area contributed by atoms with Gasteiger partial charge >= 0.3 is 0 Å². The van der Waals surface area contributed by atoms with Crippen LogP contribution in [0.25, 0.3) is 0 Å². The molecule has 0 radical (unpaired) electrons. The molecular formula is C13H18N4. The lowest BCUT2D eigenvalue weighted by molar-refractivity contribution is 0.0880. The summed E-state index contributed by atoms with van der Waals surface area (Å²) in [6, 6.07) is 4.43. The normalized spacial score (nSPS) is 25.8. The van der Waals surface area contributed by atoms with E-state index in [0.717, 1.165) is 18.4 Å². The van der Waals surface area contributed by atoms with E-state index in [9.17, 15) is 0 Å². The molecule has 0 N–H and O–H groups in total. The molecular weight excluding hydrogens is 212 g/mol. The fourth-order valence-corrected chi connectivity index (χ4v) is 2.18. The molecule has 2 rings (SSSR count). The number of aryl methyl sites for hydroxylation is 1. The first-order valence-electron chi connectivity index (χ1n) is 5.98. The first kappa shape index (κ1) is 13.3. The zero-order chi connectivity index (χ0) is 12.9. The van der Waals surface area contributed by atoms with Crippen molar-refractivity contribution in [2.45, 2.75) is 45.6 Å². The lowest BCUT2D eigenvalue weighted by Crippen LogP contribution is -2.46. The number of nitriles is 2. The van der Waals surface area contributed by atoms with E-state index in [1.807, 2.05) is 31.6 Å². The van der Waals surface area contributed by atoms with Crippen molar-refractivity contribution >= 4 is 0 Å². The Kier molecular flexibility index (Phi) is 4.29. The first-order valence-corrected chi connectivity index (χ1v) is 5.98. The zero-order valence-corrected chi connectivity index (χ0v) is 10.6. The van der Waals surface area contributed by atoms with Crippen molar-refractivity contribution < 1.29 is 0 Å². The third kappa shape index (κ3) is 2.47. The number of nitrogens with zero attached hydrogens (tertiary/aromatic N) is 4. The summed E-state index contributed by atoms with van der Waals surface area (Å²) < 4.78 is 1.86. The average Bonchev–Trinajstić information content (AvgIpc) is 2.73. The Morgan fingerprint density at radius 3 is 2.53 bits per heavy atom. The maximum Gasteiger partial charge on any atom is 0.0782 e. The van der Waals surface area contributed by atoms with Gasteiger partial charge in [-0.05, 0) is 25.3 Å². The third-order valence-corrected chi connectivity index (χ3v) is 3.04. The summed E-state index contributed by atoms with van der Waals surface area (Å²) in [6.07, 6.45) is 5.67. The summed E-state index contributed by atoms with van der Waals surface area (Å²) in [5.74, 6) is 0.0860. The molecule has 4 heteroatoms. The summed E-state index contributed by atoms with van der Waals surface area (Å²) in [6.45, 7) is 5.98. The van der Waals surface area contributed by atoms with Crippen molar-refractivity contribution in [3.8, 4) is 12.1 Å². The maximum atomic E-state index is 8.82. The topological polar surface area (TPSA) is 65.4 Å². The summed E-state index contributed by atoms with van der Waals surface area (Å²) in [5, 5.41) is 21.8. The van der Waals surface area contributed by atoms with E-state index in [1.165, 1.54) is 0 Å². The van der Waals surface area contributed by atoms with Crippen molar-refractivity contribution in [2.24, 2.45) is 5.92 Å². The molecule has 1 aliphatic carbocycles. The van der Waals surface area contributed by atoms with Crippen LogP contribution in [0.5, 0.6) is 0 Å². The van der Waals surface area contributed by atoms with E-state index < -0.39 is 0 Å². The Morgan fingerprint density at radius 2 is 2.12 bits per heavy atom. The Bertz CT molecular complexity index is 441. The second-order valence-electron chi connectivity index (χ2n) is 4.26. The van der Waals surface area contributed by atoms with E-state index in [-0.39, 0.29) is 11.5 Å². The van der Waals surface area contributed by atoms with E-state index in [1.54, 1.807) is 6.20 Å². The van der Waals surface area contributed by atoms with Crippen LogP contribution in [0.2, 0.25) is 0 Å². The van der Waals surface area contributed by atoms with Crippen LogP contribution in [0.15, 0.2) is 12.4 Å². The monoisotopic (exact) mass is 230 g/mol. The molecule has 0 atom stereocenters. The van der Waals surface area contributed by atoms with Gasteiger partial charge in [-0.15, -0.1) is 0 Å². The molecule has 0 saturated heterocycles. The second kappa shape index (κ2) is 5.50. The van der Waals surface area contributed by atoms with Crippen LogP contribution in [0.3, 0.4) is 0 Å². The van der Waals surface area contributed by atoms with Gasteiger partial charge in [0, 0.05) is 6.20 Å². The van der Waals surface area contributed by atoms with Gasteiger partial charge in [-0.1, -0.05) is 13.8 Å². The van der Waals surface area contributed by atoms with Crippen molar-refractivity contribution in [3.63, 3.8) is 0 Å². The van der Waals surface area contributed by atoms with Gasteiger partial charge in [0.2, 0.25) is 0 Å². The Morgan fingerprint density at radius 1 is 1.47 bits per heavy atom. The standard InChI is InChI=1S/C11H12N4.C2H6/c1-9-7-14-15(8-9)11(2-3-12)4-10(5-11)6-13;1-2/h7-8,10H,2,4-5H2,1H3;1-2H3. The fourth-order valence-electron chi connectivity index (χ4n) is 2.18. The van der Waals surface area contributed by atoms with Crippen molar-refractivity contribution in [3.05, 3.63) is 18.0 Å². The summed E-state index contributed by atoms with van der Waals surface area (Å²) in [7, 11) is 0. The highest BCUT2D eigenvalue weighted by Crippen LogP contribution is 2.45. The Hall–Kier alpha value is -1.81. The van der Waals surface area contributed by atoms with E-state index in [2.05, 4.69) is 17.2 Å². The van der Waals surface area contributed by atoms with Crippen molar-refractivity contribution in [1.29, 1.82) is 10.5 Å². The van der Waals surface area contributed by atoms with Crippen molar-refractivity contribution in [2.75, 3.05) is 0 Å². The van der Waals surface area contributed by atoms with Gasteiger partial charge in [0.1, 0.15) is 0 Å². The quantitative estimate of drug-likeness (QED) is 0.784. The van der Waals surface area contributed by atoms with Gasteiger partial charge in [-0.25, -0.2) is 0 Å². The molecule has 1 fully saturated rings. The van der Waals surface area contributed by atoms with E-state index >= 15 is 0 Å². The van der Waals surface area contributed by atoms with Gasteiger partial charge < -0.3 is 0 Å². The Labute approximate surface area is 102 Å². The molecule has 4 nitrogen and oxygen atoms in total. The van der Waals surface area contributed by atoms with Crippen LogP contribution in [0.1, 0.15) is 38.7 Å². The van der Waals surface area contributed by atoms with Crippen LogP contribution in [0, 0.1) is 35.5 Å². The first-order chi connectivity index (χ1) is 8.20. The molecule has 1 saturated carbocycles. The van der Waals surface area contributed by atoms with Gasteiger partial charge in [-0.3, -0.25) is 4.68 Å². The number of hydrogen-bond donors (Lipinski definition) is 0. The highest BCUT2D eigenvalue weighted by Gasteiger charge is 2.46. The largest absolute Gasteiger partial charge is 0.265 e. The molecule has 0 bridgehead atoms. The number of hydrogen-bond acceptors (Lipinski definition) is 3. The second-order valence-corrected chi connectivity index (χ2v) is 4.26.